The van der Waals surface area contributed by atoms with Gasteiger partial charge in [-0.2, -0.15) is 0 Å². The van der Waals surface area contributed by atoms with Gasteiger partial charge in [-0.05, 0) is 26.0 Å². The van der Waals surface area contributed by atoms with Crippen LogP contribution in [-0.2, 0) is 20.3 Å². The van der Waals surface area contributed by atoms with Crippen molar-refractivity contribution in [1.29, 1.82) is 0 Å². The first-order chi connectivity index (χ1) is 7.63. The highest BCUT2D eigenvalue weighted by molar-refractivity contribution is 7.88. The lowest BCUT2D eigenvalue weighted by molar-refractivity contribution is -0.137. The van der Waals surface area contributed by atoms with Gasteiger partial charge in [-0.15, -0.1) is 0 Å². The van der Waals surface area contributed by atoms with Crippen molar-refractivity contribution < 1.29 is 13.7 Å². The lowest BCUT2D eigenvalue weighted by atomic mass is 10.2. The van der Waals surface area contributed by atoms with Crippen molar-refractivity contribution in [3.63, 3.8) is 0 Å². The first kappa shape index (κ1) is 12.6. The predicted molar refractivity (Wildman–Crippen MR) is 63.4 cm³/mol. The molecule has 0 heterocycles. The van der Waals surface area contributed by atoms with E-state index < -0.39 is 16.8 Å². The van der Waals surface area contributed by atoms with Gasteiger partial charge in [0.25, 0.3) is 0 Å². The van der Waals surface area contributed by atoms with E-state index in [1.807, 2.05) is 19.1 Å². The maximum Gasteiger partial charge on any atom is 0.331 e. The fourth-order valence-electron chi connectivity index (χ4n) is 1.06. The molecule has 0 aromatic heterocycles. The molecule has 1 aromatic rings. The summed E-state index contributed by atoms with van der Waals surface area (Å²) in [4.78, 5) is 11.7. The van der Waals surface area contributed by atoms with Gasteiger partial charge in [0.1, 0.15) is 0 Å². The van der Waals surface area contributed by atoms with Gasteiger partial charge in [0, 0.05) is 16.4 Å². The van der Waals surface area contributed by atoms with Crippen LogP contribution in [0.15, 0.2) is 40.6 Å². The molecule has 0 aliphatic carbocycles. The van der Waals surface area contributed by atoms with E-state index in [1.54, 1.807) is 19.1 Å². The standard InChI is InChI=1S/C12H14O3S/c1-3-15-12(13)8-9-16(14)11-6-4-10(2)5-7-11/h4-9H,3H2,1-2H3/b9-8+. The molecule has 1 aromatic carbocycles. The fraction of sp³-hybridized carbons (Fsp3) is 0.250. The summed E-state index contributed by atoms with van der Waals surface area (Å²) in [6.07, 6.45) is 1.19. The molecule has 0 spiro atoms. The second-order valence-electron chi connectivity index (χ2n) is 3.17. The monoisotopic (exact) mass is 238 g/mol. The number of aryl methyl sites for hydroxylation is 1. The highest BCUT2D eigenvalue weighted by Crippen LogP contribution is 2.09. The van der Waals surface area contributed by atoms with Crippen LogP contribution in [0.2, 0.25) is 0 Å². The maximum absolute atomic E-state index is 11.7. The number of esters is 1. The Labute approximate surface area is 97.6 Å². The van der Waals surface area contributed by atoms with Crippen LogP contribution in [0.1, 0.15) is 12.5 Å². The number of ether oxygens (including phenoxy) is 1. The van der Waals surface area contributed by atoms with E-state index >= 15 is 0 Å². The Hall–Kier alpha value is -1.42. The first-order valence-corrected chi connectivity index (χ1v) is 6.17. The van der Waals surface area contributed by atoms with Crippen LogP contribution < -0.4 is 0 Å². The zero-order chi connectivity index (χ0) is 12.0. The molecule has 1 rings (SSSR count). The molecule has 0 N–H and O–H groups in total. The number of hydrogen-bond acceptors (Lipinski definition) is 3. The van der Waals surface area contributed by atoms with Gasteiger partial charge in [-0.1, -0.05) is 17.7 Å². The second-order valence-corrected chi connectivity index (χ2v) is 4.50. The number of benzene rings is 1. The van der Waals surface area contributed by atoms with Gasteiger partial charge in [0.2, 0.25) is 0 Å². The van der Waals surface area contributed by atoms with E-state index in [4.69, 9.17) is 0 Å². The molecular formula is C12H14O3S. The Morgan fingerprint density at radius 1 is 1.38 bits per heavy atom. The van der Waals surface area contributed by atoms with Crippen molar-refractivity contribution in [2.75, 3.05) is 6.61 Å². The molecule has 1 unspecified atom stereocenters. The van der Waals surface area contributed by atoms with Crippen LogP contribution in [0.4, 0.5) is 0 Å². The maximum atomic E-state index is 11.7. The van der Waals surface area contributed by atoms with Crippen molar-refractivity contribution in [2.24, 2.45) is 0 Å². The van der Waals surface area contributed by atoms with Crippen molar-refractivity contribution >= 4 is 16.8 Å². The third-order valence-electron chi connectivity index (χ3n) is 1.87. The summed E-state index contributed by atoms with van der Waals surface area (Å²) >= 11 is 0. The first-order valence-electron chi connectivity index (χ1n) is 4.95. The molecule has 0 amide bonds. The van der Waals surface area contributed by atoms with E-state index in [9.17, 15) is 9.00 Å². The summed E-state index contributed by atoms with van der Waals surface area (Å²) in [6, 6.07) is 7.32. The molecule has 1 atom stereocenters. The van der Waals surface area contributed by atoms with Gasteiger partial charge in [-0.3, -0.25) is 0 Å². The summed E-state index contributed by atoms with van der Waals surface area (Å²) in [7, 11) is -1.30. The van der Waals surface area contributed by atoms with Gasteiger partial charge >= 0.3 is 5.97 Å². The molecule has 0 radical (unpaired) electrons. The summed E-state index contributed by atoms with van der Waals surface area (Å²) < 4.78 is 16.4. The average molecular weight is 238 g/mol. The van der Waals surface area contributed by atoms with Crippen LogP contribution in [-0.4, -0.2) is 16.8 Å². The van der Waals surface area contributed by atoms with Gasteiger partial charge in [0.05, 0.1) is 17.4 Å². The third kappa shape index (κ3) is 3.98. The summed E-state index contributed by atoms with van der Waals surface area (Å²) in [5.74, 6) is -0.469. The lowest BCUT2D eigenvalue weighted by Crippen LogP contribution is -1.99. The normalized spacial score (nSPS) is 12.6. The zero-order valence-electron chi connectivity index (χ0n) is 9.30. The van der Waals surface area contributed by atoms with Crippen LogP contribution in [0.5, 0.6) is 0 Å². The summed E-state index contributed by atoms with van der Waals surface area (Å²) in [5, 5.41) is 1.34. The number of carbonyl (C=O) groups excluding carboxylic acids is 1. The molecule has 0 saturated carbocycles. The molecule has 0 aliphatic heterocycles. The van der Waals surface area contributed by atoms with Gasteiger partial charge in [-0.25, -0.2) is 9.00 Å². The summed E-state index contributed by atoms with van der Waals surface area (Å²) in [5.41, 5.74) is 1.11. The fourth-order valence-corrected chi connectivity index (χ4v) is 1.85. The number of carbonyl (C=O) groups is 1. The van der Waals surface area contributed by atoms with Crippen molar-refractivity contribution in [3.8, 4) is 0 Å². The highest BCUT2D eigenvalue weighted by Gasteiger charge is 2.00. The Bertz CT molecular complexity index is 407. The minimum Gasteiger partial charge on any atom is -0.463 e. The second kappa shape index (κ2) is 6.23. The minimum atomic E-state index is -1.30. The predicted octanol–water partition coefficient (Wildman–Crippen LogP) is 2.18. The van der Waals surface area contributed by atoms with Crippen molar-refractivity contribution in [3.05, 3.63) is 41.3 Å². The lowest BCUT2D eigenvalue weighted by Gasteiger charge is -1.98. The van der Waals surface area contributed by atoms with Crippen molar-refractivity contribution in [1.82, 2.24) is 0 Å². The van der Waals surface area contributed by atoms with E-state index in [-0.39, 0.29) is 0 Å². The molecule has 3 nitrogen and oxygen atoms in total. The van der Waals surface area contributed by atoms with Crippen LogP contribution in [0.3, 0.4) is 0 Å². The van der Waals surface area contributed by atoms with Crippen LogP contribution in [0.25, 0.3) is 0 Å². The topological polar surface area (TPSA) is 43.4 Å². The largest absolute Gasteiger partial charge is 0.463 e. The number of rotatable bonds is 4. The van der Waals surface area contributed by atoms with E-state index in [2.05, 4.69) is 4.74 Å². The molecular weight excluding hydrogens is 224 g/mol. The summed E-state index contributed by atoms with van der Waals surface area (Å²) in [6.45, 7) is 4.00. The highest BCUT2D eigenvalue weighted by atomic mass is 32.2. The molecule has 0 fully saturated rings. The minimum absolute atomic E-state index is 0.320. The Balaban J connectivity index is 2.65. The van der Waals surface area contributed by atoms with E-state index in [1.165, 1.54) is 11.5 Å². The number of hydrogen-bond donors (Lipinski definition) is 0. The van der Waals surface area contributed by atoms with Crippen LogP contribution in [0, 0.1) is 6.92 Å². The van der Waals surface area contributed by atoms with Gasteiger partial charge in [0.15, 0.2) is 0 Å². The van der Waals surface area contributed by atoms with E-state index in [0.29, 0.717) is 11.5 Å². The molecule has 4 heteroatoms. The molecule has 86 valence electrons. The third-order valence-corrected chi connectivity index (χ3v) is 2.99. The Morgan fingerprint density at radius 2 is 2.00 bits per heavy atom. The average Bonchev–Trinajstić information content (AvgIpc) is 2.27. The quantitative estimate of drug-likeness (QED) is 0.596. The smallest absolute Gasteiger partial charge is 0.331 e. The zero-order valence-corrected chi connectivity index (χ0v) is 10.1. The van der Waals surface area contributed by atoms with E-state index in [0.717, 1.165) is 5.56 Å². The molecule has 0 saturated heterocycles. The van der Waals surface area contributed by atoms with Crippen LogP contribution >= 0.6 is 0 Å². The van der Waals surface area contributed by atoms with Crippen molar-refractivity contribution in [2.45, 2.75) is 18.7 Å². The Kier molecular flexibility index (Phi) is 4.92. The van der Waals surface area contributed by atoms with Gasteiger partial charge < -0.3 is 4.74 Å². The molecule has 0 aliphatic rings. The molecule has 0 bridgehead atoms. The Morgan fingerprint density at radius 3 is 2.56 bits per heavy atom. The SMILES string of the molecule is CCOC(=O)/C=C/S(=O)c1ccc(C)cc1. The molecule has 16 heavy (non-hydrogen) atoms.